The van der Waals surface area contributed by atoms with Gasteiger partial charge in [0.25, 0.3) is 0 Å². The van der Waals surface area contributed by atoms with Crippen LogP contribution < -0.4 is 0 Å². The summed E-state index contributed by atoms with van der Waals surface area (Å²) >= 11 is 0. The molecule has 1 nitrogen and oxygen atoms in total. The average Bonchev–Trinajstić information content (AvgIpc) is 2.15. The van der Waals surface area contributed by atoms with Crippen LogP contribution in [0, 0.1) is 5.92 Å². The second kappa shape index (κ2) is 9.51. The molecule has 0 unspecified atom stereocenters. The first-order chi connectivity index (χ1) is 6.74. The lowest BCUT2D eigenvalue weighted by Gasteiger charge is -2.35. The van der Waals surface area contributed by atoms with Crippen LogP contribution in [0.5, 0.6) is 0 Å². The Hall–Kier alpha value is -0.0400. The lowest BCUT2D eigenvalue weighted by molar-refractivity contribution is 0.121. The monoisotopic (exact) mass is 199 g/mol. The molecule has 0 N–H and O–H groups in total. The molecule has 14 heavy (non-hydrogen) atoms. The first kappa shape index (κ1) is 14.0. The molecular weight excluding hydrogens is 170 g/mol. The summed E-state index contributed by atoms with van der Waals surface area (Å²) in [7, 11) is 0. The standard InChI is InChI=1S/C7H16.C6H13N/c1-3-5-7-6-4-2;1-3-7-4-6(2)5-7/h3-7H2,1-2H3;6H,3-5H2,1-2H3. The minimum atomic E-state index is 0.972. The van der Waals surface area contributed by atoms with Crippen LogP contribution in [-0.2, 0) is 0 Å². The molecule has 1 heterocycles. The zero-order valence-electron chi connectivity index (χ0n) is 10.7. The summed E-state index contributed by atoms with van der Waals surface area (Å²) in [6.45, 7) is 12.9. The quantitative estimate of drug-likeness (QED) is 0.606. The topological polar surface area (TPSA) is 3.24 Å². The minimum absolute atomic E-state index is 0.972. The van der Waals surface area contributed by atoms with Crippen molar-refractivity contribution in [3.8, 4) is 0 Å². The summed E-state index contributed by atoms with van der Waals surface area (Å²) < 4.78 is 0. The van der Waals surface area contributed by atoms with Crippen LogP contribution >= 0.6 is 0 Å². The molecule has 0 aromatic carbocycles. The first-order valence-electron chi connectivity index (χ1n) is 6.46. The Labute approximate surface area is 90.9 Å². The number of nitrogens with zero attached hydrogens (tertiary/aromatic N) is 1. The van der Waals surface area contributed by atoms with E-state index in [-0.39, 0.29) is 0 Å². The number of likely N-dealkylation sites (tertiary alicyclic amines) is 1. The molecule has 1 aliphatic rings. The van der Waals surface area contributed by atoms with Gasteiger partial charge in [0.15, 0.2) is 0 Å². The molecule has 1 aliphatic heterocycles. The highest BCUT2D eigenvalue weighted by atomic mass is 15.2. The summed E-state index contributed by atoms with van der Waals surface area (Å²) in [4.78, 5) is 2.45. The Morgan fingerprint density at radius 2 is 1.43 bits per heavy atom. The molecular formula is C13H29N. The Morgan fingerprint density at radius 3 is 1.64 bits per heavy atom. The predicted octanol–water partition coefficient (Wildman–Crippen LogP) is 3.93. The fourth-order valence-electron chi connectivity index (χ4n) is 1.76. The maximum absolute atomic E-state index is 2.45. The largest absolute Gasteiger partial charge is 0.303 e. The second-order valence-corrected chi connectivity index (χ2v) is 4.52. The molecule has 0 spiro atoms. The highest BCUT2D eigenvalue weighted by molar-refractivity contribution is 4.73. The van der Waals surface area contributed by atoms with Crippen molar-refractivity contribution in [3.63, 3.8) is 0 Å². The SMILES string of the molecule is CCCCCCC.CCN1CC(C)C1. The summed E-state index contributed by atoms with van der Waals surface area (Å²) in [5.74, 6) is 0.972. The van der Waals surface area contributed by atoms with Crippen molar-refractivity contribution in [2.75, 3.05) is 19.6 Å². The fraction of sp³-hybridized carbons (Fsp3) is 1.00. The van der Waals surface area contributed by atoms with Gasteiger partial charge in [0.2, 0.25) is 0 Å². The van der Waals surface area contributed by atoms with Gasteiger partial charge in [-0.05, 0) is 12.5 Å². The van der Waals surface area contributed by atoms with Gasteiger partial charge in [0.05, 0.1) is 0 Å². The third kappa shape index (κ3) is 7.37. The van der Waals surface area contributed by atoms with Crippen LogP contribution in [-0.4, -0.2) is 24.5 Å². The van der Waals surface area contributed by atoms with E-state index in [9.17, 15) is 0 Å². The van der Waals surface area contributed by atoms with E-state index in [1.54, 1.807) is 0 Å². The van der Waals surface area contributed by atoms with Gasteiger partial charge in [-0.2, -0.15) is 0 Å². The summed E-state index contributed by atoms with van der Waals surface area (Å²) in [6, 6.07) is 0. The summed E-state index contributed by atoms with van der Waals surface area (Å²) in [5, 5.41) is 0. The van der Waals surface area contributed by atoms with E-state index in [1.807, 2.05) is 0 Å². The fourth-order valence-corrected chi connectivity index (χ4v) is 1.76. The molecule has 0 radical (unpaired) electrons. The van der Waals surface area contributed by atoms with Gasteiger partial charge in [0, 0.05) is 13.1 Å². The third-order valence-corrected chi connectivity index (χ3v) is 2.79. The van der Waals surface area contributed by atoms with E-state index in [2.05, 4.69) is 32.6 Å². The molecule has 1 fully saturated rings. The second-order valence-electron chi connectivity index (χ2n) is 4.52. The van der Waals surface area contributed by atoms with Crippen LogP contribution in [0.1, 0.15) is 59.8 Å². The van der Waals surface area contributed by atoms with E-state index in [0.717, 1.165) is 5.92 Å². The molecule has 0 saturated carbocycles. The van der Waals surface area contributed by atoms with E-state index in [4.69, 9.17) is 0 Å². The van der Waals surface area contributed by atoms with Gasteiger partial charge in [-0.25, -0.2) is 0 Å². The van der Waals surface area contributed by atoms with Crippen molar-refractivity contribution in [1.82, 2.24) is 4.90 Å². The van der Waals surface area contributed by atoms with E-state index in [0.29, 0.717) is 0 Å². The number of hydrogen-bond donors (Lipinski definition) is 0. The highest BCUT2D eigenvalue weighted by Gasteiger charge is 2.19. The van der Waals surface area contributed by atoms with E-state index in [1.165, 1.54) is 51.7 Å². The number of hydrogen-bond acceptors (Lipinski definition) is 1. The lowest BCUT2D eigenvalue weighted by atomic mass is 10.0. The predicted molar refractivity (Wildman–Crippen MR) is 65.7 cm³/mol. The lowest BCUT2D eigenvalue weighted by Crippen LogP contribution is -2.44. The minimum Gasteiger partial charge on any atom is -0.303 e. The molecule has 1 rings (SSSR count). The summed E-state index contributed by atoms with van der Waals surface area (Å²) in [5.41, 5.74) is 0. The zero-order chi connectivity index (χ0) is 10.8. The molecule has 0 bridgehead atoms. The molecule has 86 valence electrons. The van der Waals surface area contributed by atoms with Crippen LogP contribution in [0.2, 0.25) is 0 Å². The highest BCUT2D eigenvalue weighted by Crippen LogP contribution is 2.11. The Kier molecular flexibility index (Phi) is 9.49. The van der Waals surface area contributed by atoms with Crippen LogP contribution in [0.3, 0.4) is 0 Å². The van der Waals surface area contributed by atoms with Crippen molar-refractivity contribution in [2.45, 2.75) is 59.8 Å². The number of rotatable bonds is 5. The smallest absolute Gasteiger partial charge is 0.00192 e. The molecule has 0 amide bonds. The van der Waals surface area contributed by atoms with E-state index < -0.39 is 0 Å². The zero-order valence-corrected chi connectivity index (χ0v) is 10.7. The van der Waals surface area contributed by atoms with Gasteiger partial charge in [-0.15, -0.1) is 0 Å². The van der Waals surface area contributed by atoms with Crippen molar-refractivity contribution < 1.29 is 0 Å². The number of unbranched alkanes of at least 4 members (excludes halogenated alkanes) is 4. The van der Waals surface area contributed by atoms with Gasteiger partial charge < -0.3 is 4.90 Å². The van der Waals surface area contributed by atoms with Crippen molar-refractivity contribution >= 4 is 0 Å². The maximum Gasteiger partial charge on any atom is 0.00192 e. The van der Waals surface area contributed by atoms with E-state index >= 15 is 0 Å². The Balaban J connectivity index is 0.000000241. The average molecular weight is 199 g/mol. The molecule has 0 atom stereocenters. The van der Waals surface area contributed by atoms with Gasteiger partial charge >= 0.3 is 0 Å². The molecule has 0 aliphatic carbocycles. The Bertz CT molecular complexity index is 102. The third-order valence-electron chi connectivity index (χ3n) is 2.79. The van der Waals surface area contributed by atoms with Gasteiger partial charge in [-0.3, -0.25) is 0 Å². The van der Waals surface area contributed by atoms with Gasteiger partial charge in [0.1, 0.15) is 0 Å². The molecule has 0 aromatic heterocycles. The van der Waals surface area contributed by atoms with Crippen LogP contribution in [0.15, 0.2) is 0 Å². The van der Waals surface area contributed by atoms with Gasteiger partial charge in [-0.1, -0.05) is 59.8 Å². The molecule has 1 heteroatoms. The van der Waals surface area contributed by atoms with Crippen molar-refractivity contribution in [3.05, 3.63) is 0 Å². The molecule has 0 aromatic rings. The normalized spacial score (nSPS) is 17.1. The summed E-state index contributed by atoms with van der Waals surface area (Å²) in [6.07, 6.45) is 7.01. The maximum atomic E-state index is 2.45. The molecule has 1 saturated heterocycles. The van der Waals surface area contributed by atoms with Crippen LogP contribution in [0.4, 0.5) is 0 Å². The Morgan fingerprint density at radius 1 is 0.929 bits per heavy atom. The first-order valence-corrected chi connectivity index (χ1v) is 6.46. The van der Waals surface area contributed by atoms with Crippen molar-refractivity contribution in [2.24, 2.45) is 5.92 Å². The van der Waals surface area contributed by atoms with Crippen molar-refractivity contribution in [1.29, 1.82) is 0 Å². The van der Waals surface area contributed by atoms with Crippen LogP contribution in [0.25, 0.3) is 0 Å².